The van der Waals surface area contributed by atoms with E-state index in [0.717, 1.165) is 18.4 Å². The van der Waals surface area contributed by atoms with Gasteiger partial charge in [0.1, 0.15) is 0 Å². The van der Waals surface area contributed by atoms with E-state index in [1.165, 1.54) is 6.42 Å². The van der Waals surface area contributed by atoms with Crippen molar-refractivity contribution >= 4 is 5.97 Å². The zero-order chi connectivity index (χ0) is 14.3. The lowest BCUT2D eigenvalue weighted by Gasteiger charge is -2.20. The molecule has 104 valence electrons. The molecule has 1 aromatic heterocycles. The molecule has 0 spiro atoms. The van der Waals surface area contributed by atoms with Crippen LogP contribution in [0.2, 0.25) is 0 Å². The first-order valence-electron chi connectivity index (χ1n) is 6.75. The first-order valence-corrected chi connectivity index (χ1v) is 6.75. The number of hydrogen-bond acceptors (Lipinski definition) is 4. The fraction of sp³-hybridized carbons (Fsp3) is 0.400. The second kappa shape index (κ2) is 4.74. The standard InChI is InChI=1S/C15H16N2O3/c1-8-6-7-9(2)12(15(18)19)11(8)14-17-16-13(20-14)10-4-3-5-10/h6-7,10H,3-5H2,1-2H3,(H,18,19). The first kappa shape index (κ1) is 12.8. The third-order valence-electron chi connectivity index (χ3n) is 3.94. The molecule has 1 aliphatic carbocycles. The average Bonchev–Trinajstić information content (AvgIpc) is 2.78. The number of benzene rings is 1. The summed E-state index contributed by atoms with van der Waals surface area (Å²) in [5, 5.41) is 17.5. The molecule has 5 heteroatoms. The van der Waals surface area contributed by atoms with Gasteiger partial charge in [-0.25, -0.2) is 4.79 Å². The van der Waals surface area contributed by atoms with Crippen LogP contribution in [0.15, 0.2) is 16.5 Å². The molecule has 5 nitrogen and oxygen atoms in total. The van der Waals surface area contributed by atoms with Crippen LogP contribution in [0.5, 0.6) is 0 Å². The normalized spacial score (nSPS) is 15.1. The van der Waals surface area contributed by atoms with E-state index >= 15 is 0 Å². The molecule has 1 heterocycles. The van der Waals surface area contributed by atoms with Crippen LogP contribution >= 0.6 is 0 Å². The van der Waals surface area contributed by atoms with E-state index in [0.29, 0.717) is 28.8 Å². The zero-order valence-electron chi connectivity index (χ0n) is 11.5. The molecular formula is C15H16N2O3. The predicted molar refractivity (Wildman–Crippen MR) is 72.8 cm³/mol. The molecule has 2 aromatic rings. The van der Waals surface area contributed by atoms with Gasteiger partial charge >= 0.3 is 5.97 Å². The van der Waals surface area contributed by atoms with Crippen LogP contribution in [0, 0.1) is 13.8 Å². The molecule has 0 unspecified atom stereocenters. The molecule has 1 fully saturated rings. The topological polar surface area (TPSA) is 76.2 Å². The van der Waals surface area contributed by atoms with Crippen molar-refractivity contribution in [2.45, 2.75) is 39.0 Å². The Hall–Kier alpha value is -2.17. The summed E-state index contributed by atoms with van der Waals surface area (Å²) in [5.41, 5.74) is 2.31. The maximum atomic E-state index is 11.5. The molecule has 1 N–H and O–H groups in total. The van der Waals surface area contributed by atoms with Gasteiger partial charge in [-0.15, -0.1) is 10.2 Å². The minimum atomic E-state index is -0.968. The molecule has 0 bridgehead atoms. The van der Waals surface area contributed by atoms with Crippen LogP contribution in [0.1, 0.15) is 52.6 Å². The van der Waals surface area contributed by atoms with Crippen LogP contribution in [0.4, 0.5) is 0 Å². The summed E-state index contributed by atoms with van der Waals surface area (Å²) >= 11 is 0. The van der Waals surface area contributed by atoms with E-state index in [1.54, 1.807) is 13.0 Å². The van der Waals surface area contributed by atoms with Crippen LogP contribution in [0.3, 0.4) is 0 Å². The zero-order valence-corrected chi connectivity index (χ0v) is 11.5. The number of rotatable bonds is 3. The Morgan fingerprint density at radius 3 is 2.55 bits per heavy atom. The molecule has 0 atom stereocenters. The van der Waals surface area contributed by atoms with Gasteiger partial charge in [0, 0.05) is 5.92 Å². The second-order valence-corrected chi connectivity index (χ2v) is 5.33. The van der Waals surface area contributed by atoms with Gasteiger partial charge < -0.3 is 9.52 Å². The van der Waals surface area contributed by atoms with Crippen LogP contribution < -0.4 is 0 Å². The highest BCUT2D eigenvalue weighted by Crippen LogP contribution is 2.37. The lowest BCUT2D eigenvalue weighted by molar-refractivity contribution is 0.0696. The highest BCUT2D eigenvalue weighted by atomic mass is 16.4. The van der Waals surface area contributed by atoms with Gasteiger partial charge in [0.25, 0.3) is 0 Å². The number of carbonyl (C=O) groups is 1. The molecule has 0 saturated heterocycles. The molecule has 20 heavy (non-hydrogen) atoms. The Bertz CT molecular complexity index is 672. The number of nitrogens with zero attached hydrogens (tertiary/aromatic N) is 2. The van der Waals surface area contributed by atoms with Crippen molar-refractivity contribution in [2.75, 3.05) is 0 Å². The smallest absolute Gasteiger partial charge is 0.336 e. The lowest BCUT2D eigenvalue weighted by atomic mass is 9.85. The maximum absolute atomic E-state index is 11.5. The van der Waals surface area contributed by atoms with Crippen molar-refractivity contribution in [3.63, 3.8) is 0 Å². The summed E-state index contributed by atoms with van der Waals surface area (Å²) < 4.78 is 5.71. The van der Waals surface area contributed by atoms with Gasteiger partial charge in [0.15, 0.2) is 0 Å². The van der Waals surface area contributed by atoms with Crippen LogP contribution in [-0.2, 0) is 0 Å². The number of aromatic nitrogens is 2. The van der Waals surface area contributed by atoms with E-state index in [-0.39, 0.29) is 5.56 Å². The molecule has 0 aliphatic heterocycles. The number of aromatic carboxylic acids is 1. The lowest BCUT2D eigenvalue weighted by Crippen LogP contribution is -2.08. The second-order valence-electron chi connectivity index (χ2n) is 5.33. The van der Waals surface area contributed by atoms with Crippen molar-refractivity contribution in [3.8, 4) is 11.5 Å². The van der Waals surface area contributed by atoms with Crippen LogP contribution in [0.25, 0.3) is 11.5 Å². The Labute approximate surface area is 116 Å². The predicted octanol–water partition coefficient (Wildman–Crippen LogP) is 3.32. The molecule has 0 radical (unpaired) electrons. The van der Waals surface area contributed by atoms with Crippen molar-refractivity contribution in [3.05, 3.63) is 34.7 Å². The molecule has 3 rings (SSSR count). The third-order valence-corrected chi connectivity index (χ3v) is 3.94. The van der Waals surface area contributed by atoms with Crippen molar-refractivity contribution < 1.29 is 14.3 Å². The number of hydrogen-bond donors (Lipinski definition) is 1. The summed E-state index contributed by atoms with van der Waals surface area (Å²) in [6, 6.07) is 3.68. The first-order chi connectivity index (χ1) is 9.58. The maximum Gasteiger partial charge on any atom is 0.336 e. The summed E-state index contributed by atoms with van der Waals surface area (Å²) in [7, 11) is 0. The largest absolute Gasteiger partial charge is 0.478 e. The summed E-state index contributed by atoms with van der Waals surface area (Å²) in [5.74, 6) is 0.313. The average molecular weight is 272 g/mol. The highest BCUT2D eigenvalue weighted by molar-refractivity contribution is 5.97. The van der Waals surface area contributed by atoms with E-state index < -0.39 is 5.97 Å². The van der Waals surface area contributed by atoms with E-state index in [9.17, 15) is 9.90 Å². The monoisotopic (exact) mass is 272 g/mol. The summed E-state index contributed by atoms with van der Waals surface area (Å²) in [6.07, 6.45) is 3.33. The highest BCUT2D eigenvalue weighted by Gasteiger charge is 2.27. The van der Waals surface area contributed by atoms with Gasteiger partial charge in [-0.1, -0.05) is 18.6 Å². The molecule has 1 aromatic carbocycles. The van der Waals surface area contributed by atoms with Crippen molar-refractivity contribution in [1.82, 2.24) is 10.2 Å². The summed E-state index contributed by atoms with van der Waals surface area (Å²) in [6.45, 7) is 3.63. The Morgan fingerprint density at radius 2 is 1.95 bits per heavy atom. The minimum Gasteiger partial charge on any atom is -0.478 e. The fourth-order valence-corrected chi connectivity index (χ4v) is 2.52. The van der Waals surface area contributed by atoms with E-state index in [1.807, 2.05) is 13.0 Å². The van der Waals surface area contributed by atoms with Gasteiger partial charge in [-0.2, -0.15) is 0 Å². The van der Waals surface area contributed by atoms with Crippen molar-refractivity contribution in [2.24, 2.45) is 0 Å². The minimum absolute atomic E-state index is 0.244. The van der Waals surface area contributed by atoms with Gasteiger partial charge in [0.2, 0.25) is 11.8 Å². The SMILES string of the molecule is Cc1ccc(C)c(-c2nnc(C3CCC3)o2)c1C(=O)O. The third kappa shape index (κ3) is 1.99. The molecule has 1 aliphatic rings. The summed E-state index contributed by atoms with van der Waals surface area (Å²) in [4.78, 5) is 11.5. The Morgan fingerprint density at radius 1 is 1.25 bits per heavy atom. The number of aryl methyl sites for hydroxylation is 2. The van der Waals surface area contributed by atoms with Gasteiger partial charge in [-0.05, 0) is 37.8 Å². The van der Waals surface area contributed by atoms with E-state index in [4.69, 9.17) is 4.42 Å². The van der Waals surface area contributed by atoms with Gasteiger partial charge in [-0.3, -0.25) is 0 Å². The number of carboxylic acids is 1. The molecule has 1 saturated carbocycles. The quantitative estimate of drug-likeness (QED) is 0.927. The molecular weight excluding hydrogens is 256 g/mol. The van der Waals surface area contributed by atoms with Crippen molar-refractivity contribution in [1.29, 1.82) is 0 Å². The Balaban J connectivity index is 2.11. The number of carboxylic acid groups (broad SMARTS) is 1. The van der Waals surface area contributed by atoms with Gasteiger partial charge in [0.05, 0.1) is 11.1 Å². The van der Waals surface area contributed by atoms with E-state index in [2.05, 4.69) is 10.2 Å². The van der Waals surface area contributed by atoms with Crippen LogP contribution in [-0.4, -0.2) is 21.3 Å². The fourth-order valence-electron chi connectivity index (χ4n) is 2.52. The molecule has 0 amide bonds. The Kier molecular flexibility index (Phi) is 3.04.